The zero-order valence-electron chi connectivity index (χ0n) is 8.24. The molecule has 0 N–H and O–H groups in total. The van der Waals surface area contributed by atoms with Crippen molar-refractivity contribution in [1.29, 1.82) is 0 Å². The van der Waals surface area contributed by atoms with Crippen LogP contribution in [0.15, 0.2) is 42.3 Å². The minimum atomic E-state index is -0.174. The lowest BCUT2D eigenvalue weighted by Crippen LogP contribution is -1.86. The minimum Gasteiger partial charge on any atom is -0.207 e. The number of benzene rings is 1. The predicted octanol–water partition coefficient (Wildman–Crippen LogP) is 4.12. The van der Waals surface area contributed by atoms with Crippen molar-refractivity contribution in [2.75, 3.05) is 0 Å². The SMILES string of the molecule is C=Cc1cc(Cc2cccc(F)c2)cs1. The highest BCUT2D eigenvalue weighted by atomic mass is 32.1. The maximum atomic E-state index is 12.9. The molecule has 2 rings (SSSR count). The Labute approximate surface area is 92.7 Å². The van der Waals surface area contributed by atoms with Gasteiger partial charge in [-0.2, -0.15) is 0 Å². The summed E-state index contributed by atoms with van der Waals surface area (Å²) in [5.74, 6) is -0.174. The van der Waals surface area contributed by atoms with E-state index in [0.717, 1.165) is 16.9 Å². The van der Waals surface area contributed by atoms with Gasteiger partial charge in [-0.05, 0) is 41.1 Å². The normalized spacial score (nSPS) is 10.2. The topological polar surface area (TPSA) is 0 Å². The Morgan fingerprint density at radius 1 is 1.27 bits per heavy atom. The molecule has 1 aromatic heterocycles. The second kappa shape index (κ2) is 4.41. The first-order valence-corrected chi connectivity index (χ1v) is 5.60. The maximum absolute atomic E-state index is 12.9. The van der Waals surface area contributed by atoms with Crippen molar-refractivity contribution in [3.05, 3.63) is 64.1 Å². The van der Waals surface area contributed by atoms with Crippen molar-refractivity contribution in [1.82, 2.24) is 0 Å². The fourth-order valence-electron chi connectivity index (χ4n) is 1.48. The Balaban J connectivity index is 2.18. The zero-order valence-corrected chi connectivity index (χ0v) is 9.06. The summed E-state index contributed by atoms with van der Waals surface area (Å²) in [5, 5.41) is 2.09. The molecule has 0 saturated heterocycles. The van der Waals surface area contributed by atoms with Crippen LogP contribution >= 0.6 is 11.3 Å². The summed E-state index contributed by atoms with van der Waals surface area (Å²) in [4.78, 5) is 1.15. The lowest BCUT2D eigenvalue weighted by Gasteiger charge is -1.98. The van der Waals surface area contributed by atoms with Crippen LogP contribution in [0.2, 0.25) is 0 Å². The summed E-state index contributed by atoms with van der Waals surface area (Å²) in [6.45, 7) is 3.72. The summed E-state index contributed by atoms with van der Waals surface area (Å²) in [6.07, 6.45) is 2.61. The van der Waals surface area contributed by atoms with E-state index in [1.807, 2.05) is 12.1 Å². The molecule has 0 spiro atoms. The van der Waals surface area contributed by atoms with Crippen molar-refractivity contribution >= 4 is 17.4 Å². The molecule has 0 radical (unpaired) electrons. The molecular formula is C13H11FS. The standard InChI is InChI=1S/C13H11FS/c1-2-13-8-11(9-15-13)6-10-4-3-5-12(14)7-10/h2-5,7-9H,1,6H2. The van der Waals surface area contributed by atoms with Crippen LogP contribution in [-0.2, 0) is 6.42 Å². The van der Waals surface area contributed by atoms with Gasteiger partial charge in [0.1, 0.15) is 5.82 Å². The van der Waals surface area contributed by atoms with Crippen LogP contribution in [0.25, 0.3) is 6.08 Å². The van der Waals surface area contributed by atoms with Gasteiger partial charge in [0.25, 0.3) is 0 Å². The van der Waals surface area contributed by atoms with E-state index in [1.165, 1.54) is 11.6 Å². The first kappa shape index (κ1) is 10.1. The van der Waals surface area contributed by atoms with E-state index >= 15 is 0 Å². The van der Waals surface area contributed by atoms with E-state index in [4.69, 9.17) is 0 Å². The van der Waals surface area contributed by atoms with Crippen LogP contribution in [-0.4, -0.2) is 0 Å². The molecular weight excluding hydrogens is 207 g/mol. The molecule has 0 amide bonds. The Bertz CT molecular complexity index is 471. The van der Waals surface area contributed by atoms with Gasteiger partial charge in [0.15, 0.2) is 0 Å². The van der Waals surface area contributed by atoms with Gasteiger partial charge < -0.3 is 0 Å². The molecule has 1 heterocycles. The molecule has 76 valence electrons. The second-order valence-corrected chi connectivity index (χ2v) is 4.31. The number of rotatable bonds is 3. The lowest BCUT2D eigenvalue weighted by atomic mass is 10.1. The second-order valence-electron chi connectivity index (χ2n) is 3.37. The highest BCUT2D eigenvalue weighted by Gasteiger charge is 2.00. The molecule has 2 aromatic rings. The van der Waals surface area contributed by atoms with Gasteiger partial charge >= 0.3 is 0 Å². The van der Waals surface area contributed by atoms with Crippen molar-refractivity contribution in [2.45, 2.75) is 6.42 Å². The van der Waals surface area contributed by atoms with Gasteiger partial charge in [0.2, 0.25) is 0 Å². The van der Waals surface area contributed by atoms with Gasteiger partial charge in [-0.1, -0.05) is 24.8 Å². The molecule has 0 aliphatic rings. The van der Waals surface area contributed by atoms with Crippen LogP contribution in [0.3, 0.4) is 0 Å². The summed E-state index contributed by atoms with van der Waals surface area (Å²) in [6, 6.07) is 8.81. The molecule has 0 aliphatic heterocycles. The Hall–Kier alpha value is -1.41. The molecule has 0 saturated carbocycles. The van der Waals surface area contributed by atoms with E-state index in [2.05, 4.69) is 18.0 Å². The van der Waals surface area contributed by atoms with E-state index in [1.54, 1.807) is 23.5 Å². The number of hydrogen-bond donors (Lipinski definition) is 0. The average Bonchev–Trinajstić information content (AvgIpc) is 2.65. The Kier molecular flexibility index (Phi) is 2.97. The Morgan fingerprint density at radius 3 is 2.80 bits per heavy atom. The quantitative estimate of drug-likeness (QED) is 0.727. The van der Waals surface area contributed by atoms with Crippen LogP contribution in [0.4, 0.5) is 4.39 Å². The number of halogens is 1. The number of hydrogen-bond acceptors (Lipinski definition) is 1. The Morgan fingerprint density at radius 2 is 2.13 bits per heavy atom. The van der Waals surface area contributed by atoms with Crippen molar-refractivity contribution in [3.63, 3.8) is 0 Å². The van der Waals surface area contributed by atoms with Gasteiger partial charge in [-0.25, -0.2) is 4.39 Å². The molecule has 1 aromatic carbocycles. The van der Waals surface area contributed by atoms with E-state index in [-0.39, 0.29) is 5.82 Å². The van der Waals surface area contributed by atoms with E-state index in [0.29, 0.717) is 0 Å². The van der Waals surface area contributed by atoms with Crippen LogP contribution in [0.1, 0.15) is 16.0 Å². The molecule has 0 bridgehead atoms. The summed E-state index contributed by atoms with van der Waals surface area (Å²) in [5.41, 5.74) is 2.21. The average molecular weight is 218 g/mol. The summed E-state index contributed by atoms with van der Waals surface area (Å²) in [7, 11) is 0. The van der Waals surface area contributed by atoms with Crippen LogP contribution in [0, 0.1) is 5.82 Å². The molecule has 0 nitrogen and oxygen atoms in total. The van der Waals surface area contributed by atoms with Crippen LogP contribution in [0.5, 0.6) is 0 Å². The van der Waals surface area contributed by atoms with Gasteiger partial charge in [0.05, 0.1) is 0 Å². The fourth-order valence-corrected chi connectivity index (χ4v) is 2.23. The summed E-state index contributed by atoms with van der Waals surface area (Å²) >= 11 is 1.66. The molecule has 0 fully saturated rings. The third kappa shape index (κ3) is 2.54. The zero-order chi connectivity index (χ0) is 10.7. The minimum absolute atomic E-state index is 0.174. The third-order valence-electron chi connectivity index (χ3n) is 2.17. The van der Waals surface area contributed by atoms with Crippen LogP contribution < -0.4 is 0 Å². The monoisotopic (exact) mass is 218 g/mol. The van der Waals surface area contributed by atoms with Gasteiger partial charge in [-0.15, -0.1) is 11.3 Å². The molecule has 15 heavy (non-hydrogen) atoms. The summed E-state index contributed by atoms with van der Waals surface area (Å²) < 4.78 is 12.9. The first-order chi connectivity index (χ1) is 7.28. The smallest absolute Gasteiger partial charge is 0.123 e. The van der Waals surface area contributed by atoms with Crippen molar-refractivity contribution in [2.24, 2.45) is 0 Å². The van der Waals surface area contributed by atoms with Gasteiger partial charge in [0, 0.05) is 4.88 Å². The molecule has 0 aliphatic carbocycles. The van der Waals surface area contributed by atoms with E-state index in [9.17, 15) is 4.39 Å². The van der Waals surface area contributed by atoms with E-state index < -0.39 is 0 Å². The molecule has 0 unspecified atom stereocenters. The molecule has 2 heteroatoms. The maximum Gasteiger partial charge on any atom is 0.123 e. The number of thiophene rings is 1. The highest BCUT2D eigenvalue weighted by molar-refractivity contribution is 7.11. The van der Waals surface area contributed by atoms with Gasteiger partial charge in [-0.3, -0.25) is 0 Å². The molecule has 0 atom stereocenters. The lowest BCUT2D eigenvalue weighted by molar-refractivity contribution is 0.626. The van der Waals surface area contributed by atoms with Crippen molar-refractivity contribution in [3.8, 4) is 0 Å². The predicted molar refractivity (Wildman–Crippen MR) is 63.6 cm³/mol. The highest BCUT2D eigenvalue weighted by Crippen LogP contribution is 2.19. The first-order valence-electron chi connectivity index (χ1n) is 4.72. The van der Waals surface area contributed by atoms with Crippen molar-refractivity contribution < 1.29 is 4.39 Å². The third-order valence-corrected chi connectivity index (χ3v) is 3.15. The fraction of sp³-hybridized carbons (Fsp3) is 0.0769. The largest absolute Gasteiger partial charge is 0.207 e.